The zero-order chi connectivity index (χ0) is 10.6. The first kappa shape index (κ1) is 9.80. The lowest BCUT2D eigenvalue weighted by molar-refractivity contribution is -0.244. The Balaban J connectivity index is 2.39. The molecule has 0 radical (unpaired) electrons. The van der Waals surface area contributed by atoms with Crippen molar-refractivity contribution in [3.63, 3.8) is 0 Å². The van der Waals surface area contributed by atoms with E-state index < -0.39 is 23.5 Å². The summed E-state index contributed by atoms with van der Waals surface area (Å²) in [6, 6.07) is 0. The van der Waals surface area contributed by atoms with Crippen molar-refractivity contribution < 1.29 is 23.1 Å². The third kappa shape index (κ3) is 1.01. The van der Waals surface area contributed by atoms with Gasteiger partial charge < -0.3 is 5.11 Å². The van der Waals surface area contributed by atoms with Gasteiger partial charge in [0.25, 0.3) is 0 Å². The number of rotatable bonds is 1. The van der Waals surface area contributed by atoms with E-state index in [-0.39, 0.29) is 12.3 Å². The minimum absolute atomic E-state index is 0.0299. The minimum Gasteiger partial charge on any atom is -0.481 e. The normalized spacial score (nSPS) is 41.6. The number of hydrogen-bond donors (Lipinski definition) is 1. The zero-order valence-electron chi connectivity index (χ0n) is 7.47. The molecule has 5 heteroatoms. The number of carboxylic acids is 1. The summed E-state index contributed by atoms with van der Waals surface area (Å²) in [5.41, 5.74) is -2.43. The molecule has 0 amide bonds. The van der Waals surface area contributed by atoms with E-state index in [9.17, 15) is 18.0 Å². The Morgan fingerprint density at radius 1 is 1.36 bits per heavy atom. The number of alkyl halides is 3. The lowest BCUT2D eigenvalue weighted by Crippen LogP contribution is -2.48. The van der Waals surface area contributed by atoms with Crippen LogP contribution in [0.5, 0.6) is 0 Å². The highest BCUT2D eigenvalue weighted by Crippen LogP contribution is 2.62. The summed E-state index contributed by atoms with van der Waals surface area (Å²) in [6.07, 6.45) is -3.20. The van der Waals surface area contributed by atoms with E-state index in [1.165, 1.54) is 0 Å². The van der Waals surface area contributed by atoms with Crippen LogP contribution in [0.15, 0.2) is 0 Å². The number of aliphatic carboxylic acids is 1. The maximum atomic E-state index is 12.7. The molecule has 0 unspecified atom stereocenters. The van der Waals surface area contributed by atoms with Crippen LogP contribution < -0.4 is 0 Å². The molecule has 2 nitrogen and oxygen atoms in total. The molecule has 0 spiro atoms. The van der Waals surface area contributed by atoms with Crippen molar-refractivity contribution >= 4 is 5.97 Å². The Labute approximate surface area is 79.1 Å². The van der Waals surface area contributed by atoms with Gasteiger partial charge in [0.1, 0.15) is 0 Å². The van der Waals surface area contributed by atoms with Gasteiger partial charge in [-0.2, -0.15) is 13.2 Å². The van der Waals surface area contributed by atoms with Crippen LogP contribution in [0.4, 0.5) is 13.2 Å². The fraction of sp³-hybridized carbons (Fsp3) is 0.889. The van der Waals surface area contributed by atoms with Gasteiger partial charge in [0.2, 0.25) is 0 Å². The number of fused-ring (bicyclic) bond motifs is 2. The summed E-state index contributed by atoms with van der Waals surface area (Å²) >= 11 is 0. The summed E-state index contributed by atoms with van der Waals surface area (Å²) in [5.74, 6) is -2.40. The van der Waals surface area contributed by atoms with E-state index in [0.717, 1.165) is 6.42 Å². The average molecular weight is 208 g/mol. The molecule has 3 atom stereocenters. The van der Waals surface area contributed by atoms with Crippen LogP contribution in [-0.4, -0.2) is 17.3 Å². The average Bonchev–Trinajstić information content (AvgIpc) is 2.59. The first-order valence-electron chi connectivity index (χ1n) is 4.68. The molecule has 2 saturated carbocycles. The fourth-order valence-electron chi connectivity index (χ4n) is 3.06. The Morgan fingerprint density at radius 2 is 2.00 bits per heavy atom. The van der Waals surface area contributed by atoms with Crippen molar-refractivity contribution in [3.05, 3.63) is 0 Å². The summed E-state index contributed by atoms with van der Waals surface area (Å²) in [5, 5.41) is 8.80. The second kappa shape index (κ2) is 2.64. The number of carbonyl (C=O) groups is 1. The molecule has 14 heavy (non-hydrogen) atoms. The maximum absolute atomic E-state index is 12.7. The molecule has 80 valence electrons. The van der Waals surface area contributed by atoms with Crippen molar-refractivity contribution in [1.29, 1.82) is 0 Å². The molecule has 0 saturated heterocycles. The van der Waals surface area contributed by atoms with Gasteiger partial charge in [-0.3, -0.25) is 4.79 Å². The van der Waals surface area contributed by atoms with E-state index in [2.05, 4.69) is 0 Å². The number of hydrogen-bond acceptors (Lipinski definition) is 1. The molecule has 0 heterocycles. The van der Waals surface area contributed by atoms with E-state index in [0.29, 0.717) is 12.8 Å². The molecule has 2 rings (SSSR count). The van der Waals surface area contributed by atoms with E-state index in [1.807, 2.05) is 0 Å². The zero-order valence-corrected chi connectivity index (χ0v) is 7.47. The second-order valence-corrected chi connectivity index (χ2v) is 4.35. The molecule has 0 aromatic rings. The molecular weight excluding hydrogens is 197 g/mol. The SMILES string of the molecule is O=C(O)[C@]1(C(F)(F)F)C[C@H]2CC[C@@H]1C2. The molecule has 2 aliphatic carbocycles. The van der Waals surface area contributed by atoms with Gasteiger partial charge >= 0.3 is 12.1 Å². The fourth-order valence-corrected chi connectivity index (χ4v) is 3.06. The lowest BCUT2D eigenvalue weighted by atomic mass is 9.72. The summed E-state index contributed by atoms with van der Waals surface area (Å²) in [6.45, 7) is 0. The van der Waals surface area contributed by atoms with Crippen LogP contribution in [-0.2, 0) is 4.79 Å². The predicted octanol–water partition coefficient (Wildman–Crippen LogP) is 2.44. The van der Waals surface area contributed by atoms with Crippen LogP contribution in [0.25, 0.3) is 0 Å². The minimum atomic E-state index is -4.60. The third-order valence-corrected chi connectivity index (χ3v) is 3.74. The Hall–Kier alpha value is -0.740. The Bertz CT molecular complexity index is 274. The van der Waals surface area contributed by atoms with E-state index in [1.54, 1.807) is 0 Å². The Morgan fingerprint density at radius 3 is 2.21 bits per heavy atom. The van der Waals surface area contributed by atoms with Gasteiger partial charge in [-0.25, -0.2) is 0 Å². The standard InChI is InChI=1S/C9H11F3O2/c10-9(11,12)8(7(13)14)4-5-1-2-6(8)3-5/h5-6H,1-4H2,(H,13,14)/t5-,6+,8-/m0/s1. The third-order valence-electron chi connectivity index (χ3n) is 3.74. The van der Waals surface area contributed by atoms with Gasteiger partial charge in [0.05, 0.1) is 0 Å². The van der Waals surface area contributed by atoms with Crippen LogP contribution in [0.1, 0.15) is 25.7 Å². The highest BCUT2D eigenvalue weighted by molar-refractivity contribution is 5.77. The quantitative estimate of drug-likeness (QED) is 0.718. The first-order chi connectivity index (χ1) is 6.38. The molecule has 1 N–H and O–H groups in total. The van der Waals surface area contributed by atoms with Gasteiger partial charge in [0, 0.05) is 0 Å². The van der Waals surface area contributed by atoms with Gasteiger partial charge in [-0.05, 0) is 31.1 Å². The molecule has 0 aromatic heterocycles. The number of carboxylic acid groups (broad SMARTS) is 1. The predicted molar refractivity (Wildman–Crippen MR) is 41.6 cm³/mol. The van der Waals surface area contributed by atoms with E-state index >= 15 is 0 Å². The number of halogens is 3. The molecule has 2 fully saturated rings. The van der Waals surface area contributed by atoms with Crippen LogP contribution in [0.3, 0.4) is 0 Å². The Kier molecular flexibility index (Phi) is 1.85. The maximum Gasteiger partial charge on any atom is 0.405 e. The van der Waals surface area contributed by atoms with Crippen LogP contribution in [0, 0.1) is 17.3 Å². The largest absolute Gasteiger partial charge is 0.481 e. The van der Waals surface area contributed by atoms with E-state index in [4.69, 9.17) is 5.11 Å². The van der Waals surface area contributed by atoms with Gasteiger partial charge in [-0.1, -0.05) is 6.42 Å². The molecular formula is C9H11F3O2. The highest BCUT2D eigenvalue weighted by atomic mass is 19.4. The van der Waals surface area contributed by atoms with Crippen LogP contribution in [0.2, 0.25) is 0 Å². The smallest absolute Gasteiger partial charge is 0.405 e. The van der Waals surface area contributed by atoms with Crippen molar-refractivity contribution in [2.45, 2.75) is 31.9 Å². The van der Waals surface area contributed by atoms with Crippen molar-refractivity contribution in [3.8, 4) is 0 Å². The molecule has 2 bridgehead atoms. The van der Waals surface area contributed by atoms with Crippen molar-refractivity contribution in [2.24, 2.45) is 17.3 Å². The highest BCUT2D eigenvalue weighted by Gasteiger charge is 2.69. The van der Waals surface area contributed by atoms with Crippen molar-refractivity contribution in [1.82, 2.24) is 0 Å². The monoisotopic (exact) mass is 208 g/mol. The van der Waals surface area contributed by atoms with Gasteiger partial charge in [0.15, 0.2) is 5.41 Å². The first-order valence-corrected chi connectivity index (χ1v) is 4.68. The van der Waals surface area contributed by atoms with Gasteiger partial charge in [-0.15, -0.1) is 0 Å². The molecule has 2 aliphatic rings. The summed E-state index contributed by atoms with van der Waals surface area (Å²) in [4.78, 5) is 10.8. The molecule has 0 aromatic carbocycles. The summed E-state index contributed by atoms with van der Waals surface area (Å²) < 4.78 is 38.2. The lowest BCUT2D eigenvalue weighted by Gasteiger charge is -2.35. The van der Waals surface area contributed by atoms with Crippen molar-refractivity contribution in [2.75, 3.05) is 0 Å². The second-order valence-electron chi connectivity index (χ2n) is 4.35. The topological polar surface area (TPSA) is 37.3 Å². The van der Waals surface area contributed by atoms with Crippen LogP contribution >= 0.6 is 0 Å². The summed E-state index contributed by atoms with van der Waals surface area (Å²) in [7, 11) is 0. The molecule has 0 aliphatic heterocycles.